The quantitative estimate of drug-likeness (QED) is 0.884. The van der Waals surface area contributed by atoms with Crippen molar-refractivity contribution in [1.82, 2.24) is 4.90 Å². The minimum Gasteiger partial charge on any atom is -0.386 e. The van der Waals surface area contributed by atoms with Crippen LogP contribution in [0.2, 0.25) is 0 Å². The Balaban J connectivity index is 1.86. The molecule has 0 radical (unpaired) electrons. The fourth-order valence-electron chi connectivity index (χ4n) is 2.47. The van der Waals surface area contributed by atoms with Gasteiger partial charge in [0.1, 0.15) is 17.5 Å². The van der Waals surface area contributed by atoms with E-state index in [2.05, 4.69) is 0 Å². The van der Waals surface area contributed by atoms with Crippen LogP contribution in [0.3, 0.4) is 0 Å². The number of amides is 2. The van der Waals surface area contributed by atoms with Crippen molar-refractivity contribution in [2.75, 3.05) is 6.54 Å². The van der Waals surface area contributed by atoms with Gasteiger partial charge in [-0.3, -0.25) is 14.5 Å². The lowest BCUT2D eigenvalue weighted by Gasteiger charge is -2.19. The Kier molecular flexibility index (Phi) is 3.65. The van der Waals surface area contributed by atoms with Gasteiger partial charge in [-0.1, -0.05) is 6.07 Å². The molecule has 4 nitrogen and oxygen atoms in total. The lowest BCUT2D eigenvalue weighted by atomic mass is 10.1. The molecule has 0 aliphatic carbocycles. The molecule has 1 heterocycles. The normalized spacial score (nSPS) is 15.0. The van der Waals surface area contributed by atoms with E-state index in [9.17, 15) is 27.9 Å². The van der Waals surface area contributed by atoms with Crippen LogP contribution in [0.5, 0.6) is 0 Å². The number of rotatable bonds is 3. The Morgan fingerprint density at radius 1 is 0.913 bits per heavy atom. The summed E-state index contributed by atoms with van der Waals surface area (Å²) in [4.78, 5) is 25.0. The van der Waals surface area contributed by atoms with Crippen LogP contribution in [0, 0.1) is 17.5 Å². The van der Waals surface area contributed by atoms with Gasteiger partial charge in [0.05, 0.1) is 23.8 Å². The second-order valence-electron chi connectivity index (χ2n) is 5.09. The van der Waals surface area contributed by atoms with Crippen molar-refractivity contribution in [3.63, 3.8) is 0 Å². The molecular weight excluding hydrogens is 311 g/mol. The van der Waals surface area contributed by atoms with Gasteiger partial charge < -0.3 is 5.11 Å². The first-order valence-corrected chi connectivity index (χ1v) is 6.67. The summed E-state index contributed by atoms with van der Waals surface area (Å²) in [5, 5.41) is 10.0. The number of β-amino-alcohol motifs (C(OH)–C–C–N with tert-alkyl or cyclic N) is 1. The maximum absolute atomic E-state index is 13.6. The molecule has 0 aromatic heterocycles. The second-order valence-corrected chi connectivity index (χ2v) is 5.09. The van der Waals surface area contributed by atoms with Gasteiger partial charge in [-0.2, -0.15) is 0 Å². The predicted octanol–water partition coefficient (Wildman–Crippen LogP) is 2.43. The third kappa shape index (κ3) is 2.59. The average Bonchev–Trinajstić information content (AvgIpc) is 2.72. The van der Waals surface area contributed by atoms with Crippen molar-refractivity contribution in [2.45, 2.75) is 6.10 Å². The van der Waals surface area contributed by atoms with Crippen LogP contribution in [-0.4, -0.2) is 28.4 Å². The highest BCUT2D eigenvalue weighted by Crippen LogP contribution is 2.27. The van der Waals surface area contributed by atoms with Crippen molar-refractivity contribution in [2.24, 2.45) is 0 Å². The molecule has 2 aromatic rings. The zero-order valence-corrected chi connectivity index (χ0v) is 11.6. The lowest BCUT2D eigenvalue weighted by Crippen LogP contribution is -2.34. The molecular formula is C16H10F3NO3. The van der Waals surface area contributed by atoms with Gasteiger partial charge in [0.25, 0.3) is 11.8 Å². The van der Waals surface area contributed by atoms with Crippen LogP contribution in [-0.2, 0) is 0 Å². The summed E-state index contributed by atoms with van der Waals surface area (Å²) in [6.45, 7) is -0.517. The highest BCUT2D eigenvalue weighted by molar-refractivity contribution is 6.21. The molecule has 23 heavy (non-hydrogen) atoms. The van der Waals surface area contributed by atoms with E-state index < -0.39 is 41.9 Å². The van der Waals surface area contributed by atoms with Gasteiger partial charge in [-0.25, -0.2) is 13.2 Å². The molecule has 1 atom stereocenters. The zero-order valence-electron chi connectivity index (χ0n) is 11.6. The number of fused-ring (bicyclic) bond motifs is 1. The molecule has 1 N–H and O–H groups in total. The molecule has 7 heteroatoms. The van der Waals surface area contributed by atoms with E-state index in [4.69, 9.17) is 0 Å². The lowest BCUT2D eigenvalue weighted by molar-refractivity contribution is 0.0538. The summed E-state index contributed by atoms with van der Waals surface area (Å²) in [6, 6.07) is 5.74. The molecule has 0 saturated carbocycles. The number of imide groups is 1. The van der Waals surface area contributed by atoms with E-state index in [1.807, 2.05) is 0 Å². The number of aliphatic hydroxyl groups is 1. The van der Waals surface area contributed by atoms with Gasteiger partial charge in [0.2, 0.25) is 0 Å². The van der Waals surface area contributed by atoms with Crippen LogP contribution in [0.15, 0.2) is 36.4 Å². The monoisotopic (exact) mass is 321 g/mol. The van der Waals surface area contributed by atoms with Gasteiger partial charge in [0, 0.05) is 11.6 Å². The zero-order chi connectivity index (χ0) is 16.7. The molecule has 2 aromatic carbocycles. The number of carbonyl (C=O) groups is 2. The van der Waals surface area contributed by atoms with Gasteiger partial charge in [-0.15, -0.1) is 0 Å². The first-order chi connectivity index (χ1) is 10.9. The maximum Gasteiger partial charge on any atom is 0.261 e. The van der Waals surface area contributed by atoms with E-state index >= 15 is 0 Å². The number of halogens is 3. The van der Waals surface area contributed by atoms with Crippen molar-refractivity contribution >= 4 is 11.8 Å². The third-order valence-corrected chi connectivity index (χ3v) is 3.61. The fourth-order valence-corrected chi connectivity index (χ4v) is 2.47. The number of nitrogens with zero attached hydrogens (tertiary/aromatic N) is 1. The smallest absolute Gasteiger partial charge is 0.261 e. The number of hydrogen-bond acceptors (Lipinski definition) is 3. The Bertz CT molecular complexity index is 822. The van der Waals surface area contributed by atoms with Gasteiger partial charge in [-0.05, 0) is 24.3 Å². The fraction of sp³-hybridized carbons (Fsp3) is 0.125. The molecule has 0 fully saturated rings. The van der Waals surface area contributed by atoms with Crippen LogP contribution in [0.1, 0.15) is 32.4 Å². The Labute approximate surface area is 128 Å². The third-order valence-electron chi connectivity index (χ3n) is 3.61. The number of benzene rings is 2. The topological polar surface area (TPSA) is 57.6 Å². The molecule has 0 spiro atoms. The van der Waals surface area contributed by atoms with Crippen molar-refractivity contribution in [1.29, 1.82) is 0 Å². The van der Waals surface area contributed by atoms with Crippen LogP contribution >= 0.6 is 0 Å². The molecule has 1 aliphatic heterocycles. The number of hydrogen-bond donors (Lipinski definition) is 1. The molecule has 118 valence electrons. The standard InChI is InChI=1S/C16H10F3NO3/c17-8-1-3-10-12(5-8)16(23)20(15(10)22)7-14(21)11-4-2-9(18)6-13(11)19/h1-6,14,21H,7H2. The molecule has 0 bridgehead atoms. The van der Waals surface area contributed by atoms with Crippen molar-refractivity contribution in [3.8, 4) is 0 Å². The SMILES string of the molecule is O=C1c2ccc(F)cc2C(=O)N1CC(O)c1ccc(F)cc1F. The average molecular weight is 321 g/mol. The second kappa shape index (κ2) is 5.51. The number of aliphatic hydroxyl groups excluding tert-OH is 1. The highest BCUT2D eigenvalue weighted by Gasteiger charge is 2.37. The van der Waals surface area contributed by atoms with Crippen molar-refractivity contribution < 1.29 is 27.9 Å². The van der Waals surface area contributed by atoms with E-state index in [0.717, 1.165) is 24.3 Å². The van der Waals surface area contributed by atoms with E-state index in [0.29, 0.717) is 11.0 Å². The predicted molar refractivity (Wildman–Crippen MR) is 73.1 cm³/mol. The van der Waals surface area contributed by atoms with Gasteiger partial charge in [0.15, 0.2) is 0 Å². The number of carbonyl (C=O) groups excluding carboxylic acids is 2. The first kappa shape index (κ1) is 15.2. The summed E-state index contributed by atoms with van der Waals surface area (Å²) >= 11 is 0. The summed E-state index contributed by atoms with van der Waals surface area (Å²) in [7, 11) is 0. The Hall–Kier alpha value is -2.67. The summed E-state index contributed by atoms with van der Waals surface area (Å²) in [5.41, 5.74) is -0.334. The molecule has 2 amide bonds. The van der Waals surface area contributed by atoms with E-state index in [1.54, 1.807) is 0 Å². The maximum atomic E-state index is 13.6. The van der Waals surface area contributed by atoms with Crippen LogP contribution in [0.25, 0.3) is 0 Å². The Morgan fingerprint density at radius 2 is 1.52 bits per heavy atom. The minimum atomic E-state index is -1.53. The van der Waals surface area contributed by atoms with Gasteiger partial charge >= 0.3 is 0 Å². The van der Waals surface area contributed by atoms with Crippen LogP contribution < -0.4 is 0 Å². The molecule has 0 saturated heterocycles. The molecule has 1 unspecified atom stereocenters. The first-order valence-electron chi connectivity index (χ1n) is 6.67. The van der Waals surface area contributed by atoms with E-state index in [1.165, 1.54) is 6.07 Å². The minimum absolute atomic E-state index is 0.0168. The van der Waals surface area contributed by atoms with E-state index in [-0.39, 0.29) is 16.7 Å². The highest BCUT2D eigenvalue weighted by atomic mass is 19.1. The molecule has 1 aliphatic rings. The summed E-state index contributed by atoms with van der Waals surface area (Å²) in [5.74, 6) is -3.94. The van der Waals surface area contributed by atoms with Crippen LogP contribution in [0.4, 0.5) is 13.2 Å². The summed E-state index contributed by atoms with van der Waals surface area (Å²) in [6.07, 6.45) is -1.53. The summed E-state index contributed by atoms with van der Waals surface area (Å²) < 4.78 is 39.7. The largest absolute Gasteiger partial charge is 0.386 e. The Morgan fingerprint density at radius 3 is 2.22 bits per heavy atom. The molecule has 3 rings (SSSR count). The van der Waals surface area contributed by atoms with Crippen molar-refractivity contribution in [3.05, 3.63) is 70.5 Å².